The lowest BCUT2D eigenvalue weighted by atomic mass is 10.4. The van der Waals surface area contributed by atoms with Crippen LogP contribution >= 0.6 is 0 Å². The summed E-state index contributed by atoms with van der Waals surface area (Å²) >= 11 is 0. The largest absolute Gasteiger partial charge is 0.324 e. The Kier molecular flexibility index (Phi) is 5.27. The molecule has 0 aromatic rings. The Morgan fingerprint density at radius 2 is 1.00 bits per heavy atom. The molecule has 4 rings (SSSR count). The average Bonchev–Trinajstić information content (AvgIpc) is 3.32. The predicted octanol–water partition coefficient (Wildman–Crippen LogP) is -1.16. The van der Waals surface area contributed by atoms with E-state index < -0.39 is 57.9 Å². The van der Waals surface area contributed by atoms with Gasteiger partial charge < -0.3 is 18.9 Å². The van der Waals surface area contributed by atoms with Gasteiger partial charge in [-0.15, -0.1) is 0 Å². The van der Waals surface area contributed by atoms with Crippen molar-refractivity contribution in [1.82, 2.24) is 17.2 Å². The molecule has 162 valence electrons. The summed E-state index contributed by atoms with van der Waals surface area (Å²) in [5.41, 5.74) is 0. The van der Waals surface area contributed by atoms with Gasteiger partial charge in [0.25, 0.3) is 20.4 Å². The number of fused-ring (bicyclic) bond motifs is 2. The Morgan fingerprint density at radius 1 is 0.643 bits per heavy atom. The van der Waals surface area contributed by atoms with Crippen LogP contribution in [-0.2, 0) is 39.4 Å². The van der Waals surface area contributed by atoms with Crippen LogP contribution in [0.1, 0.15) is 26.7 Å². The zero-order valence-electron chi connectivity index (χ0n) is 16.2. The highest BCUT2D eigenvalue weighted by atomic mass is 32.2. The fourth-order valence-electron chi connectivity index (χ4n) is 3.88. The van der Waals surface area contributed by atoms with Gasteiger partial charge in [0.1, 0.15) is 0 Å². The maximum Gasteiger partial charge on any atom is 0.286 e. The second kappa shape index (κ2) is 7.08. The summed E-state index contributed by atoms with van der Waals surface area (Å²) in [5, 5.41) is 0. The van der Waals surface area contributed by atoms with E-state index >= 15 is 0 Å². The van der Waals surface area contributed by atoms with E-state index in [2.05, 4.69) is 0 Å². The first kappa shape index (κ1) is 20.8. The first-order valence-corrected chi connectivity index (χ1v) is 12.1. The van der Waals surface area contributed by atoms with E-state index in [4.69, 9.17) is 18.9 Å². The molecule has 0 spiro atoms. The summed E-state index contributed by atoms with van der Waals surface area (Å²) in [4.78, 5) is 0. The van der Waals surface area contributed by atoms with E-state index in [1.807, 2.05) is 13.8 Å². The third-order valence-electron chi connectivity index (χ3n) is 5.30. The minimum Gasteiger partial charge on any atom is -0.324 e. The molecule has 0 saturated carbocycles. The highest BCUT2D eigenvalue weighted by Crippen LogP contribution is 2.41. The highest BCUT2D eigenvalue weighted by molar-refractivity contribution is 7.87. The molecule has 0 N–H and O–H groups in total. The Labute approximate surface area is 165 Å². The molecule has 0 radical (unpaired) electrons. The van der Waals surface area contributed by atoms with Crippen LogP contribution in [-0.4, -0.2) is 98.7 Å². The van der Waals surface area contributed by atoms with E-state index in [9.17, 15) is 16.8 Å². The lowest BCUT2D eigenvalue weighted by Crippen LogP contribution is -2.42. The molecule has 0 bridgehead atoms. The molecule has 28 heavy (non-hydrogen) atoms. The molecule has 0 aliphatic carbocycles. The summed E-state index contributed by atoms with van der Waals surface area (Å²) in [7, 11) is -4.48. The summed E-state index contributed by atoms with van der Waals surface area (Å²) in [6.45, 7) is 4.38. The molecule has 0 aromatic heterocycles. The van der Waals surface area contributed by atoms with Gasteiger partial charge in [-0.1, -0.05) is 13.8 Å². The number of likely N-dealkylation sites (N-methyl/N-ethyl adjacent to an activating group) is 2. The minimum atomic E-state index is -3.67. The first-order valence-electron chi connectivity index (χ1n) is 9.26. The van der Waals surface area contributed by atoms with Crippen molar-refractivity contribution >= 4 is 20.4 Å². The topological polar surface area (TPSA) is 118 Å². The van der Waals surface area contributed by atoms with Gasteiger partial charge in [-0.2, -0.15) is 34.1 Å². The predicted molar refractivity (Wildman–Crippen MR) is 94.4 cm³/mol. The summed E-state index contributed by atoms with van der Waals surface area (Å²) < 4.78 is 77.9. The third kappa shape index (κ3) is 2.85. The monoisotopic (exact) mass is 442 g/mol. The number of hydrogen-bond acceptors (Lipinski definition) is 8. The van der Waals surface area contributed by atoms with Crippen molar-refractivity contribution in [1.29, 1.82) is 0 Å². The standard InChI is InChI=1S/C14H26N4O8S2/c1-5-7-17-11-12(18(8-6-2)28(17,21)22)26-14(25-11)13-23-9-10(24-13)16(4)27(19,20)15(9)3/h9-14H,5-8H2,1-4H3. The second-order valence-corrected chi connectivity index (χ2v) is 11.0. The lowest BCUT2D eigenvalue weighted by molar-refractivity contribution is -0.237. The van der Waals surface area contributed by atoms with E-state index in [1.54, 1.807) is 0 Å². The normalized spacial score (nSPS) is 43.6. The Morgan fingerprint density at radius 3 is 1.36 bits per heavy atom. The van der Waals surface area contributed by atoms with Crippen LogP contribution in [0.2, 0.25) is 0 Å². The lowest BCUT2D eigenvalue weighted by Gasteiger charge is -2.26. The fourth-order valence-corrected chi connectivity index (χ4v) is 7.05. The molecule has 4 fully saturated rings. The average molecular weight is 443 g/mol. The van der Waals surface area contributed by atoms with Crippen molar-refractivity contribution in [3.8, 4) is 0 Å². The van der Waals surface area contributed by atoms with E-state index in [0.29, 0.717) is 25.9 Å². The summed E-state index contributed by atoms with van der Waals surface area (Å²) in [6.07, 6.45) is -3.93. The fraction of sp³-hybridized carbons (Fsp3) is 1.00. The smallest absolute Gasteiger partial charge is 0.286 e. The summed E-state index contributed by atoms with van der Waals surface area (Å²) in [5.74, 6) is 0. The molecule has 4 atom stereocenters. The maximum absolute atomic E-state index is 12.8. The van der Waals surface area contributed by atoms with Crippen molar-refractivity contribution < 1.29 is 35.8 Å². The molecule has 14 heteroatoms. The van der Waals surface area contributed by atoms with Crippen LogP contribution in [0.3, 0.4) is 0 Å². The van der Waals surface area contributed by atoms with Crippen molar-refractivity contribution in [2.75, 3.05) is 27.2 Å². The number of nitrogens with zero attached hydrogens (tertiary/aromatic N) is 4. The van der Waals surface area contributed by atoms with E-state index in [0.717, 1.165) is 8.61 Å². The molecule has 4 aliphatic rings. The van der Waals surface area contributed by atoms with Crippen LogP contribution < -0.4 is 0 Å². The Balaban J connectivity index is 1.52. The molecular formula is C14H26N4O8S2. The Bertz CT molecular complexity index is 771. The van der Waals surface area contributed by atoms with Crippen LogP contribution in [0.4, 0.5) is 0 Å². The van der Waals surface area contributed by atoms with E-state index in [1.165, 1.54) is 22.7 Å². The molecule has 0 aromatic carbocycles. The van der Waals surface area contributed by atoms with Gasteiger partial charge in [-0.3, -0.25) is 0 Å². The van der Waals surface area contributed by atoms with Crippen LogP contribution in [0.25, 0.3) is 0 Å². The quantitative estimate of drug-likeness (QED) is 0.523. The number of ether oxygens (including phenoxy) is 4. The second-order valence-electron chi connectivity index (χ2n) is 7.11. The SMILES string of the molecule is CCCN1C2OC(C3OC4C(O3)N(C)S(=O)(=O)N4C)OC2N(CCC)S1(=O)=O. The van der Waals surface area contributed by atoms with E-state index in [-0.39, 0.29) is 0 Å². The molecule has 12 nitrogen and oxygen atoms in total. The molecule has 4 aliphatic heterocycles. The van der Waals surface area contributed by atoms with Gasteiger partial charge in [-0.05, 0) is 12.8 Å². The summed E-state index contributed by atoms with van der Waals surface area (Å²) in [6, 6.07) is 0. The van der Waals surface area contributed by atoms with Crippen LogP contribution in [0.15, 0.2) is 0 Å². The number of hydrogen-bond donors (Lipinski definition) is 0. The molecule has 0 amide bonds. The Hall–Kier alpha value is -0.420. The first-order chi connectivity index (χ1) is 13.1. The van der Waals surface area contributed by atoms with Gasteiger partial charge in [0.2, 0.25) is 12.6 Å². The molecular weight excluding hydrogens is 416 g/mol. The van der Waals surface area contributed by atoms with Gasteiger partial charge in [0.15, 0.2) is 24.9 Å². The van der Waals surface area contributed by atoms with Gasteiger partial charge in [0, 0.05) is 27.2 Å². The zero-order chi connectivity index (χ0) is 20.4. The van der Waals surface area contributed by atoms with Crippen molar-refractivity contribution in [3.63, 3.8) is 0 Å². The number of rotatable bonds is 5. The van der Waals surface area contributed by atoms with Gasteiger partial charge >= 0.3 is 0 Å². The molecule has 4 unspecified atom stereocenters. The minimum absolute atomic E-state index is 0.307. The van der Waals surface area contributed by atoms with Gasteiger partial charge in [-0.25, -0.2) is 0 Å². The molecule has 4 saturated heterocycles. The van der Waals surface area contributed by atoms with Gasteiger partial charge in [0.05, 0.1) is 0 Å². The van der Waals surface area contributed by atoms with Crippen molar-refractivity contribution in [2.24, 2.45) is 0 Å². The zero-order valence-corrected chi connectivity index (χ0v) is 17.8. The van der Waals surface area contributed by atoms with Crippen LogP contribution in [0, 0.1) is 0 Å². The van der Waals surface area contributed by atoms with Crippen molar-refractivity contribution in [3.05, 3.63) is 0 Å². The maximum atomic E-state index is 12.8. The van der Waals surface area contributed by atoms with Crippen molar-refractivity contribution in [2.45, 2.75) is 64.2 Å². The third-order valence-corrected chi connectivity index (χ3v) is 9.13. The molecule has 4 heterocycles. The highest BCUT2D eigenvalue weighted by Gasteiger charge is 2.62. The van der Waals surface area contributed by atoms with Crippen LogP contribution in [0.5, 0.6) is 0 Å².